The Kier molecular flexibility index (Phi) is 3.36. The van der Waals surface area contributed by atoms with E-state index in [1.54, 1.807) is 0 Å². The summed E-state index contributed by atoms with van der Waals surface area (Å²) in [7, 11) is 0. The van der Waals surface area contributed by atoms with Gasteiger partial charge in [0.2, 0.25) is 0 Å². The van der Waals surface area contributed by atoms with Crippen molar-refractivity contribution in [3.8, 4) is 0 Å². The molecule has 15 heavy (non-hydrogen) atoms. The second kappa shape index (κ2) is 4.42. The van der Waals surface area contributed by atoms with Crippen LogP contribution in [0.2, 0.25) is 0 Å². The Morgan fingerprint density at radius 2 is 1.87 bits per heavy atom. The molecule has 2 unspecified atom stereocenters. The van der Waals surface area contributed by atoms with Crippen molar-refractivity contribution < 1.29 is 5.11 Å². The third-order valence-electron chi connectivity index (χ3n) is 4.30. The van der Waals surface area contributed by atoms with Crippen LogP contribution in [0.4, 0.5) is 0 Å². The van der Waals surface area contributed by atoms with Gasteiger partial charge in [0.05, 0.1) is 5.60 Å². The van der Waals surface area contributed by atoms with E-state index in [1.807, 2.05) is 6.92 Å². The van der Waals surface area contributed by atoms with Crippen molar-refractivity contribution in [1.29, 1.82) is 0 Å². The average Bonchev–Trinajstić information content (AvgIpc) is 2.17. The molecule has 0 bridgehead atoms. The number of hydrogen-bond acceptors (Lipinski definition) is 2. The van der Waals surface area contributed by atoms with E-state index >= 15 is 0 Å². The molecule has 2 fully saturated rings. The molecule has 1 saturated heterocycles. The highest BCUT2D eigenvalue weighted by atomic mass is 16.3. The molecular formula is C13H25NO. The molecule has 2 aliphatic rings. The van der Waals surface area contributed by atoms with Gasteiger partial charge in [-0.3, -0.25) is 0 Å². The number of aliphatic hydroxyl groups is 1. The zero-order valence-electron chi connectivity index (χ0n) is 10.2. The van der Waals surface area contributed by atoms with E-state index in [0.29, 0.717) is 0 Å². The largest absolute Gasteiger partial charge is 0.390 e. The molecule has 1 aliphatic heterocycles. The number of hydrogen-bond donors (Lipinski definition) is 1. The van der Waals surface area contributed by atoms with Crippen LogP contribution in [0.25, 0.3) is 0 Å². The van der Waals surface area contributed by atoms with Gasteiger partial charge in [0.15, 0.2) is 0 Å². The molecule has 1 saturated carbocycles. The first-order valence-corrected chi connectivity index (χ1v) is 6.53. The first kappa shape index (κ1) is 11.4. The quantitative estimate of drug-likeness (QED) is 0.720. The zero-order valence-corrected chi connectivity index (χ0v) is 10.2. The van der Waals surface area contributed by atoms with Crippen molar-refractivity contribution in [2.24, 2.45) is 5.92 Å². The van der Waals surface area contributed by atoms with Crippen molar-refractivity contribution in [3.63, 3.8) is 0 Å². The van der Waals surface area contributed by atoms with Gasteiger partial charge in [-0.25, -0.2) is 0 Å². The highest BCUT2D eigenvalue weighted by molar-refractivity contribution is 4.87. The Balaban J connectivity index is 1.84. The summed E-state index contributed by atoms with van der Waals surface area (Å²) in [5.41, 5.74) is -0.392. The average molecular weight is 211 g/mol. The first-order chi connectivity index (χ1) is 7.07. The van der Waals surface area contributed by atoms with Gasteiger partial charge in [-0.15, -0.1) is 0 Å². The molecule has 1 heterocycles. The van der Waals surface area contributed by atoms with Crippen LogP contribution in [0.1, 0.15) is 52.4 Å². The van der Waals surface area contributed by atoms with Gasteiger partial charge >= 0.3 is 0 Å². The predicted octanol–water partition coefficient (Wildman–Crippen LogP) is 2.41. The molecule has 1 aliphatic carbocycles. The summed E-state index contributed by atoms with van der Waals surface area (Å²) in [6.45, 7) is 6.56. The van der Waals surface area contributed by atoms with Crippen LogP contribution in [-0.4, -0.2) is 34.7 Å². The van der Waals surface area contributed by atoms with Gasteiger partial charge < -0.3 is 10.0 Å². The Labute approximate surface area is 93.7 Å². The minimum Gasteiger partial charge on any atom is -0.390 e. The highest BCUT2D eigenvalue weighted by Crippen LogP contribution is 2.31. The summed E-state index contributed by atoms with van der Waals surface area (Å²) in [4.78, 5) is 2.62. The molecule has 2 nitrogen and oxygen atoms in total. The number of rotatable bonds is 1. The van der Waals surface area contributed by atoms with Gasteiger partial charge in [0.25, 0.3) is 0 Å². The van der Waals surface area contributed by atoms with Crippen LogP contribution in [0.15, 0.2) is 0 Å². The molecule has 0 spiro atoms. The minimum absolute atomic E-state index is 0.392. The number of nitrogens with zero attached hydrogens (tertiary/aromatic N) is 1. The van der Waals surface area contributed by atoms with Gasteiger partial charge in [-0.2, -0.15) is 0 Å². The molecule has 1 N–H and O–H groups in total. The molecule has 2 rings (SSSR count). The zero-order chi connectivity index (χ0) is 10.9. The van der Waals surface area contributed by atoms with Crippen LogP contribution in [0.5, 0.6) is 0 Å². The van der Waals surface area contributed by atoms with E-state index in [2.05, 4.69) is 11.8 Å². The fourth-order valence-corrected chi connectivity index (χ4v) is 3.10. The Hall–Kier alpha value is -0.0800. The van der Waals surface area contributed by atoms with E-state index in [9.17, 15) is 5.11 Å². The standard InChI is InChI=1S/C13H25NO/c1-11-4-3-5-12(10-11)14-8-6-13(2,15)7-9-14/h11-12,15H,3-10H2,1-2H3. The molecule has 2 atom stereocenters. The Bertz CT molecular complexity index is 205. The van der Waals surface area contributed by atoms with Crippen LogP contribution in [-0.2, 0) is 0 Å². The topological polar surface area (TPSA) is 23.5 Å². The summed E-state index contributed by atoms with van der Waals surface area (Å²) in [6, 6.07) is 0.810. The van der Waals surface area contributed by atoms with E-state index in [4.69, 9.17) is 0 Å². The van der Waals surface area contributed by atoms with Crippen molar-refractivity contribution in [2.45, 2.75) is 64.0 Å². The van der Waals surface area contributed by atoms with Crippen LogP contribution < -0.4 is 0 Å². The van der Waals surface area contributed by atoms with Gasteiger partial charge in [-0.05, 0) is 38.5 Å². The maximum Gasteiger partial charge on any atom is 0.0644 e. The van der Waals surface area contributed by atoms with Crippen molar-refractivity contribution in [2.75, 3.05) is 13.1 Å². The summed E-state index contributed by atoms with van der Waals surface area (Å²) >= 11 is 0. The third-order valence-corrected chi connectivity index (χ3v) is 4.30. The predicted molar refractivity (Wildman–Crippen MR) is 62.9 cm³/mol. The van der Waals surface area contributed by atoms with Crippen LogP contribution in [0.3, 0.4) is 0 Å². The van der Waals surface area contributed by atoms with Gasteiger partial charge in [0.1, 0.15) is 0 Å². The fraction of sp³-hybridized carbons (Fsp3) is 1.00. The minimum atomic E-state index is -0.392. The highest BCUT2D eigenvalue weighted by Gasteiger charge is 2.32. The van der Waals surface area contributed by atoms with Crippen molar-refractivity contribution in [1.82, 2.24) is 4.90 Å². The first-order valence-electron chi connectivity index (χ1n) is 6.53. The van der Waals surface area contributed by atoms with Gasteiger partial charge in [-0.1, -0.05) is 19.8 Å². The maximum absolute atomic E-state index is 9.92. The van der Waals surface area contributed by atoms with E-state index in [-0.39, 0.29) is 0 Å². The summed E-state index contributed by atoms with van der Waals surface area (Å²) in [5.74, 6) is 0.909. The lowest BCUT2D eigenvalue weighted by Crippen LogP contribution is -2.48. The maximum atomic E-state index is 9.92. The molecule has 0 radical (unpaired) electrons. The number of likely N-dealkylation sites (tertiary alicyclic amines) is 1. The second-order valence-corrected chi connectivity index (χ2v) is 5.96. The van der Waals surface area contributed by atoms with Crippen molar-refractivity contribution in [3.05, 3.63) is 0 Å². The monoisotopic (exact) mass is 211 g/mol. The van der Waals surface area contributed by atoms with Gasteiger partial charge in [0, 0.05) is 19.1 Å². The molecule has 88 valence electrons. The smallest absolute Gasteiger partial charge is 0.0644 e. The van der Waals surface area contributed by atoms with Crippen molar-refractivity contribution >= 4 is 0 Å². The Morgan fingerprint density at radius 3 is 2.47 bits per heavy atom. The lowest BCUT2D eigenvalue weighted by atomic mass is 9.84. The second-order valence-electron chi connectivity index (χ2n) is 5.96. The summed E-state index contributed by atoms with van der Waals surface area (Å²) < 4.78 is 0. The molecule has 2 heteroatoms. The normalized spacial score (nSPS) is 37.8. The van der Waals surface area contributed by atoms with E-state index in [1.165, 1.54) is 25.7 Å². The van der Waals surface area contributed by atoms with E-state index < -0.39 is 5.60 Å². The summed E-state index contributed by atoms with van der Waals surface area (Å²) in [5, 5.41) is 9.92. The third kappa shape index (κ3) is 2.94. The molecule has 0 amide bonds. The lowest BCUT2D eigenvalue weighted by molar-refractivity contribution is -0.0231. The molecular weight excluding hydrogens is 186 g/mol. The molecule has 0 aromatic rings. The molecule has 0 aromatic carbocycles. The molecule has 0 aromatic heterocycles. The lowest BCUT2D eigenvalue weighted by Gasteiger charge is -2.42. The number of piperidine rings is 1. The SMILES string of the molecule is CC1CCCC(N2CCC(C)(O)CC2)C1. The summed E-state index contributed by atoms with van der Waals surface area (Å²) in [6.07, 6.45) is 7.49. The van der Waals surface area contributed by atoms with Crippen LogP contribution in [0, 0.1) is 5.92 Å². The fourth-order valence-electron chi connectivity index (χ4n) is 3.10. The Morgan fingerprint density at radius 1 is 1.20 bits per heavy atom. The van der Waals surface area contributed by atoms with E-state index in [0.717, 1.165) is 37.9 Å². The van der Waals surface area contributed by atoms with Crippen LogP contribution >= 0.6 is 0 Å².